The number of rotatable bonds is 5. The van der Waals surface area contributed by atoms with Gasteiger partial charge in [-0.1, -0.05) is 59.0 Å². The van der Waals surface area contributed by atoms with Gasteiger partial charge in [-0.15, -0.1) is 5.10 Å². The fraction of sp³-hybridized carbons (Fsp3) is 0.0435. The van der Waals surface area contributed by atoms with Gasteiger partial charge >= 0.3 is 5.69 Å². The Kier molecular flexibility index (Phi) is 4.73. The van der Waals surface area contributed by atoms with Crippen LogP contribution in [0.2, 0.25) is 0 Å². The molecular weight excluding hydrogens is 454 g/mol. The van der Waals surface area contributed by atoms with Crippen molar-refractivity contribution in [2.45, 2.75) is 6.54 Å². The Bertz CT molecular complexity index is 1680. The molecule has 10 nitrogen and oxygen atoms in total. The summed E-state index contributed by atoms with van der Waals surface area (Å²) in [4.78, 5) is 34.3. The van der Waals surface area contributed by atoms with Crippen molar-refractivity contribution < 1.29 is 9.32 Å². The Labute approximate surface area is 195 Å². The van der Waals surface area contributed by atoms with E-state index in [1.807, 2.05) is 54.6 Å². The number of carbonyl (C=O) groups is 1. The summed E-state index contributed by atoms with van der Waals surface area (Å²) in [5.41, 5.74) is 1.94. The zero-order valence-corrected chi connectivity index (χ0v) is 18.3. The highest BCUT2D eigenvalue weighted by Gasteiger charge is 2.19. The van der Waals surface area contributed by atoms with Crippen molar-refractivity contribution in [2.75, 3.05) is 5.32 Å². The average Bonchev–Trinajstić information content (AvgIpc) is 3.57. The van der Waals surface area contributed by atoms with E-state index in [2.05, 4.69) is 25.5 Å². The topological polar surface area (TPSA) is 120 Å². The van der Waals surface area contributed by atoms with E-state index in [9.17, 15) is 9.59 Å². The van der Waals surface area contributed by atoms with Crippen molar-refractivity contribution in [3.8, 4) is 22.8 Å². The molecule has 1 N–H and O–H groups in total. The molecule has 0 aliphatic carbocycles. The van der Waals surface area contributed by atoms with E-state index < -0.39 is 11.6 Å². The molecule has 0 spiro atoms. The van der Waals surface area contributed by atoms with Crippen LogP contribution in [0.1, 0.15) is 0 Å². The van der Waals surface area contributed by atoms with Gasteiger partial charge in [0.2, 0.25) is 11.7 Å². The molecule has 11 heteroatoms. The number of pyridine rings is 1. The number of carbonyl (C=O) groups excluding carboxylic acids is 1. The van der Waals surface area contributed by atoms with Crippen LogP contribution in [0.3, 0.4) is 0 Å². The number of para-hydroxylation sites is 1. The summed E-state index contributed by atoms with van der Waals surface area (Å²) in [5, 5.41) is 11.6. The Morgan fingerprint density at radius 1 is 1.00 bits per heavy atom. The Balaban J connectivity index is 1.29. The van der Waals surface area contributed by atoms with Gasteiger partial charge in [-0.2, -0.15) is 4.98 Å². The summed E-state index contributed by atoms with van der Waals surface area (Å²) in [7, 11) is 0. The molecule has 166 valence electrons. The number of benzene rings is 2. The molecule has 4 heterocycles. The maximum Gasteiger partial charge on any atom is 0.350 e. The van der Waals surface area contributed by atoms with E-state index in [0.717, 1.165) is 20.5 Å². The second-order valence-corrected chi connectivity index (χ2v) is 8.41. The number of hydrogen-bond acceptors (Lipinski definition) is 8. The Hall–Kier alpha value is -4.64. The van der Waals surface area contributed by atoms with Gasteiger partial charge in [0.25, 0.3) is 5.89 Å². The molecule has 2 aromatic carbocycles. The van der Waals surface area contributed by atoms with Crippen LogP contribution in [0.5, 0.6) is 0 Å². The molecule has 0 saturated carbocycles. The first-order valence-corrected chi connectivity index (χ1v) is 11.1. The lowest BCUT2D eigenvalue weighted by molar-refractivity contribution is -0.117. The van der Waals surface area contributed by atoms with E-state index in [0.29, 0.717) is 22.2 Å². The number of nitrogens with zero attached hydrogens (tertiary/aromatic N) is 6. The lowest BCUT2D eigenvalue weighted by atomic mass is 10.2. The molecule has 0 aliphatic rings. The Morgan fingerprint density at radius 2 is 1.82 bits per heavy atom. The van der Waals surface area contributed by atoms with Crippen molar-refractivity contribution in [3.05, 3.63) is 83.4 Å². The van der Waals surface area contributed by atoms with Crippen LogP contribution < -0.4 is 11.0 Å². The molecule has 0 unspecified atom stereocenters. The lowest BCUT2D eigenvalue weighted by Gasteiger charge is -2.00. The first-order valence-electron chi connectivity index (χ1n) is 10.3. The predicted octanol–water partition coefficient (Wildman–Crippen LogP) is 3.46. The molecule has 6 aromatic rings. The highest BCUT2D eigenvalue weighted by Crippen LogP contribution is 2.26. The SMILES string of the molecule is O=C(Cn1nc2c(-c3nc(-c4ccccc4)no3)cccn2c1=O)Nc1nc2ccccc2s1. The fourth-order valence-electron chi connectivity index (χ4n) is 3.57. The third-order valence-electron chi connectivity index (χ3n) is 5.13. The van der Waals surface area contributed by atoms with Gasteiger partial charge in [0.1, 0.15) is 6.54 Å². The lowest BCUT2D eigenvalue weighted by Crippen LogP contribution is -2.28. The minimum Gasteiger partial charge on any atom is -0.333 e. The normalized spacial score (nSPS) is 11.3. The molecule has 34 heavy (non-hydrogen) atoms. The largest absolute Gasteiger partial charge is 0.350 e. The third-order valence-corrected chi connectivity index (χ3v) is 6.08. The summed E-state index contributed by atoms with van der Waals surface area (Å²) in [6.07, 6.45) is 1.57. The highest BCUT2D eigenvalue weighted by molar-refractivity contribution is 7.22. The number of fused-ring (bicyclic) bond motifs is 2. The molecule has 6 rings (SSSR count). The molecule has 0 fully saturated rings. The zero-order valence-electron chi connectivity index (χ0n) is 17.5. The Morgan fingerprint density at radius 3 is 2.68 bits per heavy atom. The molecule has 4 aromatic heterocycles. The average molecular weight is 469 g/mol. The molecule has 1 amide bonds. The minimum absolute atomic E-state index is 0.223. The maximum absolute atomic E-state index is 12.9. The summed E-state index contributed by atoms with van der Waals surface area (Å²) in [5.74, 6) is 0.241. The van der Waals surface area contributed by atoms with Crippen LogP contribution in [-0.4, -0.2) is 35.2 Å². The van der Waals surface area contributed by atoms with Crippen molar-refractivity contribution in [1.29, 1.82) is 0 Å². The van der Waals surface area contributed by atoms with Gasteiger partial charge in [0.15, 0.2) is 10.8 Å². The first-order chi connectivity index (χ1) is 16.7. The van der Waals surface area contributed by atoms with Crippen molar-refractivity contribution in [1.82, 2.24) is 29.3 Å². The third kappa shape index (κ3) is 3.53. The maximum atomic E-state index is 12.9. The summed E-state index contributed by atoms with van der Waals surface area (Å²) < 4.78 is 8.83. The van der Waals surface area contributed by atoms with Crippen molar-refractivity contribution >= 4 is 38.2 Å². The van der Waals surface area contributed by atoms with Crippen LogP contribution in [0, 0.1) is 0 Å². The van der Waals surface area contributed by atoms with E-state index in [1.165, 1.54) is 15.7 Å². The summed E-state index contributed by atoms with van der Waals surface area (Å²) in [6.45, 7) is -0.269. The number of anilines is 1. The molecule has 0 radical (unpaired) electrons. The summed E-state index contributed by atoms with van der Waals surface area (Å²) in [6, 6.07) is 20.4. The van der Waals surface area contributed by atoms with Crippen LogP contribution >= 0.6 is 11.3 Å². The molecule has 0 saturated heterocycles. The fourth-order valence-corrected chi connectivity index (χ4v) is 4.45. The molecular formula is C23H15N7O3S. The first kappa shape index (κ1) is 20.0. The summed E-state index contributed by atoms with van der Waals surface area (Å²) >= 11 is 1.36. The van der Waals surface area contributed by atoms with E-state index in [-0.39, 0.29) is 12.4 Å². The van der Waals surface area contributed by atoms with Gasteiger partial charge in [-0.05, 0) is 24.3 Å². The number of thiazole rings is 1. The van der Waals surface area contributed by atoms with Gasteiger partial charge in [-0.3, -0.25) is 4.79 Å². The number of aromatic nitrogens is 6. The van der Waals surface area contributed by atoms with E-state index in [4.69, 9.17) is 4.52 Å². The van der Waals surface area contributed by atoms with Gasteiger partial charge in [0, 0.05) is 11.8 Å². The molecule has 0 bridgehead atoms. The second kappa shape index (κ2) is 8.05. The number of hydrogen-bond donors (Lipinski definition) is 1. The van der Waals surface area contributed by atoms with Crippen LogP contribution in [-0.2, 0) is 11.3 Å². The van der Waals surface area contributed by atoms with Crippen LogP contribution in [0.4, 0.5) is 5.13 Å². The zero-order chi connectivity index (χ0) is 23.1. The second-order valence-electron chi connectivity index (χ2n) is 7.38. The predicted molar refractivity (Wildman–Crippen MR) is 126 cm³/mol. The smallest absolute Gasteiger partial charge is 0.333 e. The van der Waals surface area contributed by atoms with Crippen molar-refractivity contribution in [3.63, 3.8) is 0 Å². The van der Waals surface area contributed by atoms with Crippen LogP contribution in [0.15, 0.2) is 82.2 Å². The van der Waals surface area contributed by atoms with E-state index >= 15 is 0 Å². The minimum atomic E-state index is -0.459. The van der Waals surface area contributed by atoms with Gasteiger partial charge in [-0.25, -0.2) is 18.9 Å². The standard InChI is InChI=1S/C23H15N7O3S/c31-18(25-22-24-16-10-4-5-11-17(16)34-22)13-30-23(32)29-12-6-9-15(20(29)27-30)21-26-19(28-33-21)14-7-2-1-3-8-14/h1-12H,13H2,(H,24,25,31). The van der Waals surface area contributed by atoms with Gasteiger partial charge < -0.3 is 9.84 Å². The number of nitrogens with one attached hydrogen (secondary N) is 1. The monoisotopic (exact) mass is 469 g/mol. The molecule has 0 atom stereocenters. The van der Waals surface area contributed by atoms with Crippen LogP contribution in [0.25, 0.3) is 38.7 Å². The van der Waals surface area contributed by atoms with E-state index in [1.54, 1.807) is 18.3 Å². The quantitative estimate of drug-likeness (QED) is 0.410. The number of amides is 1. The van der Waals surface area contributed by atoms with Crippen molar-refractivity contribution in [2.24, 2.45) is 0 Å². The van der Waals surface area contributed by atoms with Gasteiger partial charge in [0.05, 0.1) is 15.8 Å². The molecule has 0 aliphatic heterocycles. The highest BCUT2D eigenvalue weighted by atomic mass is 32.1.